The Morgan fingerprint density at radius 1 is 0.860 bits per heavy atom. The average molecular weight is 609 g/mol. The molecule has 0 aromatic heterocycles. The fraction of sp³-hybridized carbons (Fsp3) is 0.457. The Bertz CT molecular complexity index is 1550. The molecule has 0 saturated carbocycles. The number of ether oxygens (including phenoxy) is 1. The molecule has 3 aromatic rings. The van der Waals surface area contributed by atoms with Gasteiger partial charge in [-0.25, -0.2) is 8.42 Å². The van der Waals surface area contributed by atoms with Crippen LogP contribution in [0.3, 0.4) is 0 Å². The molecule has 3 aromatic carbocycles. The minimum atomic E-state index is -3.84. The molecule has 7 nitrogen and oxygen atoms in total. The van der Waals surface area contributed by atoms with Gasteiger partial charge in [0, 0.05) is 12.1 Å². The molecular formula is C35H48N2O5S. The maximum absolute atomic E-state index is 13.0. The van der Waals surface area contributed by atoms with E-state index in [4.69, 9.17) is 4.74 Å². The first-order valence-corrected chi connectivity index (χ1v) is 16.4. The van der Waals surface area contributed by atoms with Crippen LogP contribution < -0.4 is 14.8 Å². The summed E-state index contributed by atoms with van der Waals surface area (Å²) in [7, 11) is -3.84. The quantitative estimate of drug-likeness (QED) is 0.157. The molecule has 0 fully saturated rings. The first kappa shape index (κ1) is 34.0. The molecule has 3 rings (SSSR count). The molecule has 0 aliphatic carbocycles. The Morgan fingerprint density at radius 3 is 2.12 bits per heavy atom. The van der Waals surface area contributed by atoms with E-state index in [9.17, 15) is 18.3 Å². The lowest BCUT2D eigenvalue weighted by molar-refractivity contribution is -0.120. The summed E-state index contributed by atoms with van der Waals surface area (Å²) in [4.78, 5) is 13.0. The van der Waals surface area contributed by atoms with Crippen LogP contribution in [0.25, 0.3) is 0 Å². The van der Waals surface area contributed by atoms with Crippen molar-refractivity contribution in [2.24, 2.45) is 0 Å². The zero-order valence-corrected chi connectivity index (χ0v) is 28.0. The molecule has 0 atom stereocenters. The van der Waals surface area contributed by atoms with Gasteiger partial charge in [0.05, 0.1) is 23.6 Å². The van der Waals surface area contributed by atoms with Crippen molar-refractivity contribution in [1.82, 2.24) is 5.32 Å². The number of carbonyl (C=O) groups excluding carboxylic acids is 1. The number of anilines is 1. The summed E-state index contributed by atoms with van der Waals surface area (Å²) in [6.07, 6.45) is 1.44. The molecule has 3 N–H and O–H groups in total. The minimum absolute atomic E-state index is 0.00772. The van der Waals surface area contributed by atoms with Crippen LogP contribution in [0.4, 0.5) is 5.69 Å². The number of aromatic hydroxyl groups is 1. The highest BCUT2D eigenvalue weighted by atomic mass is 32.2. The van der Waals surface area contributed by atoms with Crippen LogP contribution in [0, 0.1) is 20.8 Å². The standard InChI is InChI=1S/C35H48N2O5S/c1-23-24(2)33(39)28(25(3)32(23)37-43(40,41)27-15-11-10-12-16-27)22-31(38)36-19-13-14-20-42-30-18-17-26(34(4,5)6)21-29(30)35(7,8)9/h10-12,15-18,21,37,39H,13-14,19-20,22H2,1-9H3,(H,36,38). The van der Waals surface area contributed by atoms with Crippen molar-refractivity contribution in [2.75, 3.05) is 17.9 Å². The average Bonchev–Trinajstić information content (AvgIpc) is 2.93. The molecule has 0 bridgehead atoms. The van der Waals surface area contributed by atoms with E-state index in [-0.39, 0.29) is 33.8 Å². The van der Waals surface area contributed by atoms with Gasteiger partial charge in [0.25, 0.3) is 10.0 Å². The van der Waals surface area contributed by atoms with E-state index in [0.29, 0.717) is 41.1 Å². The Morgan fingerprint density at radius 2 is 1.51 bits per heavy atom. The number of carbonyl (C=O) groups is 1. The molecule has 1 amide bonds. The second-order valence-electron chi connectivity index (χ2n) is 13.3. The second-order valence-corrected chi connectivity index (χ2v) is 15.0. The highest BCUT2D eigenvalue weighted by molar-refractivity contribution is 7.92. The third kappa shape index (κ3) is 8.53. The molecule has 0 saturated heterocycles. The van der Waals surface area contributed by atoms with Crippen molar-refractivity contribution >= 4 is 21.6 Å². The van der Waals surface area contributed by atoms with Gasteiger partial charge in [0.2, 0.25) is 5.91 Å². The third-order valence-corrected chi connectivity index (χ3v) is 9.20. The predicted molar refractivity (Wildman–Crippen MR) is 175 cm³/mol. The summed E-state index contributed by atoms with van der Waals surface area (Å²) in [5.41, 5.74) is 4.91. The van der Waals surface area contributed by atoms with Gasteiger partial charge < -0.3 is 15.2 Å². The van der Waals surface area contributed by atoms with Crippen molar-refractivity contribution in [2.45, 2.75) is 97.3 Å². The van der Waals surface area contributed by atoms with Crippen molar-refractivity contribution in [1.29, 1.82) is 0 Å². The smallest absolute Gasteiger partial charge is 0.261 e. The predicted octanol–water partition coefficient (Wildman–Crippen LogP) is 7.23. The zero-order chi connectivity index (χ0) is 32.2. The number of sulfonamides is 1. The zero-order valence-electron chi connectivity index (χ0n) is 27.1. The van der Waals surface area contributed by atoms with Gasteiger partial charge in [-0.3, -0.25) is 9.52 Å². The van der Waals surface area contributed by atoms with Gasteiger partial charge >= 0.3 is 0 Å². The van der Waals surface area contributed by atoms with Crippen LogP contribution in [0.5, 0.6) is 11.5 Å². The van der Waals surface area contributed by atoms with Crippen LogP contribution in [0.2, 0.25) is 0 Å². The summed E-state index contributed by atoms with van der Waals surface area (Å²) in [6.45, 7) is 19.4. The Labute approximate surface area is 258 Å². The molecule has 0 heterocycles. The van der Waals surface area contributed by atoms with Gasteiger partial charge in [-0.1, -0.05) is 71.9 Å². The highest BCUT2D eigenvalue weighted by Crippen LogP contribution is 2.37. The van der Waals surface area contributed by atoms with Gasteiger partial charge in [0.15, 0.2) is 0 Å². The molecule has 8 heteroatoms. The van der Waals surface area contributed by atoms with Gasteiger partial charge in [-0.15, -0.1) is 0 Å². The fourth-order valence-corrected chi connectivity index (χ4v) is 6.14. The SMILES string of the molecule is Cc1c(C)c(NS(=O)(=O)c2ccccc2)c(C)c(CC(=O)NCCCCOc2ccc(C(C)(C)C)cc2C(C)(C)C)c1O. The Hall–Kier alpha value is -3.52. The first-order valence-electron chi connectivity index (χ1n) is 14.9. The minimum Gasteiger partial charge on any atom is -0.507 e. The van der Waals surface area contributed by atoms with Crippen LogP contribution in [0.15, 0.2) is 53.4 Å². The van der Waals surface area contributed by atoms with Crippen molar-refractivity contribution in [3.63, 3.8) is 0 Å². The second kappa shape index (κ2) is 13.4. The molecule has 0 spiro atoms. The number of benzene rings is 3. The molecule has 234 valence electrons. The monoisotopic (exact) mass is 608 g/mol. The van der Waals surface area contributed by atoms with Gasteiger partial charge in [0.1, 0.15) is 11.5 Å². The van der Waals surface area contributed by atoms with E-state index in [0.717, 1.165) is 18.6 Å². The van der Waals surface area contributed by atoms with Crippen molar-refractivity contribution in [3.8, 4) is 11.5 Å². The van der Waals surface area contributed by atoms with Crippen molar-refractivity contribution < 1.29 is 23.1 Å². The van der Waals surface area contributed by atoms with Gasteiger partial charge in [-0.2, -0.15) is 0 Å². The molecule has 0 radical (unpaired) electrons. The molecule has 43 heavy (non-hydrogen) atoms. The summed E-state index contributed by atoms with van der Waals surface area (Å²) >= 11 is 0. The largest absolute Gasteiger partial charge is 0.507 e. The van der Waals surface area contributed by atoms with E-state index in [1.165, 1.54) is 23.3 Å². The lowest BCUT2D eigenvalue weighted by atomic mass is 9.80. The van der Waals surface area contributed by atoms with Crippen LogP contribution in [-0.2, 0) is 32.1 Å². The number of amides is 1. The molecular weight excluding hydrogens is 560 g/mol. The van der Waals surface area contributed by atoms with E-state index >= 15 is 0 Å². The lowest BCUT2D eigenvalue weighted by Gasteiger charge is -2.27. The normalized spacial score (nSPS) is 12.2. The van der Waals surface area contributed by atoms with E-state index < -0.39 is 10.0 Å². The Balaban J connectivity index is 1.60. The number of phenols is 1. The summed E-state index contributed by atoms with van der Waals surface area (Å²) in [5.74, 6) is 0.657. The van der Waals surface area contributed by atoms with Crippen LogP contribution in [-0.4, -0.2) is 32.6 Å². The Kier molecular flexibility index (Phi) is 10.6. The van der Waals surface area contributed by atoms with Crippen LogP contribution >= 0.6 is 0 Å². The fourth-order valence-electron chi connectivity index (χ4n) is 4.93. The van der Waals surface area contributed by atoms with Gasteiger partial charge in [-0.05, 0) is 90.5 Å². The maximum atomic E-state index is 13.0. The maximum Gasteiger partial charge on any atom is 0.261 e. The highest BCUT2D eigenvalue weighted by Gasteiger charge is 2.24. The lowest BCUT2D eigenvalue weighted by Crippen LogP contribution is -2.27. The van der Waals surface area contributed by atoms with E-state index in [2.05, 4.69) is 69.8 Å². The van der Waals surface area contributed by atoms with E-state index in [1.807, 2.05) is 0 Å². The van der Waals surface area contributed by atoms with Crippen LogP contribution in [0.1, 0.15) is 87.8 Å². The molecule has 0 unspecified atom stereocenters. The summed E-state index contributed by atoms with van der Waals surface area (Å²) < 4.78 is 34.9. The first-order chi connectivity index (χ1) is 19.9. The molecule has 0 aliphatic rings. The number of hydrogen-bond donors (Lipinski definition) is 3. The number of hydrogen-bond acceptors (Lipinski definition) is 5. The third-order valence-electron chi connectivity index (χ3n) is 7.84. The van der Waals surface area contributed by atoms with E-state index in [1.54, 1.807) is 39.0 Å². The number of rotatable bonds is 11. The number of unbranched alkanes of at least 4 members (excludes halogenated alkanes) is 1. The van der Waals surface area contributed by atoms with Crippen molar-refractivity contribution in [3.05, 3.63) is 81.9 Å². The summed E-state index contributed by atoms with van der Waals surface area (Å²) in [5, 5.41) is 13.8. The number of nitrogens with one attached hydrogen (secondary N) is 2. The molecule has 0 aliphatic heterocycles. The topological polar surface area (TPSA) is 105 Å². The summed E-state index contributed by atoms with van der Waals surface area (Å²) in [6, 6.07) is 14.5. The number of phenolic OH excluding ortho intramolecular Hbond substituents is 1.